The van der Waals surface area contributed by atoms with Gasteiger partial charge in [0.25, 0.3) is 0 Å². The van der Waals surface area contributed by atoms with Crippen LogP contribution in [0, 0.1) is 6.92 Å². The molecule has 2 N–H and O–H groups in total. The zero-order valence-electron chi connectivity index (χ0n) is 8.74. The van der Waals surface area contributed by atoms with Gasteiger partial charge >= 0.3 is 0 Å². The van der Waals surface area contributed by atoms with Crippen LogP contribution in [0.4, 0.5) is 0 Å². The highest BCUT2D eigenvalue weighted by Crippen LogP contribution is 2.29. The summed E-state index contributed by atoms with van der Waals surface area (Å²) in [5, 5.41) is 1.21. The molecule has 0 aliphatic heterocycles. The van der Waals surface area contributed by atoms with Gasteiger partial charge in [0, 0.05) is 16.7 Å². The predicted molar refractivity (Wildman–Crippen MR) is 67.0 cm³/mol. The molecule has 1 aromatic heterocycles. The summed E-state index contributed by atoms with van der Waals surface area (Å²) in [7, 11) is 0. The number of pyridine rings is 1. The van der Waals surface area contributed by atoms with E-state index in [9.17, 15) is 0 Å². The van der Waals surface area contributed by atoms with E-state index in [2.05, 4.69) is 0 Å². The summed E-state index contributed by atoms with van der Waals surface area (Å²) < 4.78 is 1.56. The van der Waals surface area contributed by atoms with Gasteiger partial charge in [0.2, 0.25) is 5.69 Å². The van der Waals surface area contributed by atoms with Crippen molar-refractivity contribution in [2.24, 2.45) is 0 Å². The van der Waals surface area contributed by atoms with Crippen LogP contribution in [0.5, 0.6) is 0 Å². The topological polar surface area (TPSA) is 29.9 Å². The predicted octanol–water partition coefficient (Wildman–Crippen LogP) is 2.97. The standard InChI is InChI=1S/C12H11Cl2N2/c1-8-3-2-6-16(15)12(8)10-5-4-9(13)7-11(10)14/h2-7H,15H2,1H3/q+1. The van der Waals surface area contributed by atoms with Crippen LogP contribution >= 0.6 is 23.2 Å². The van der Waals surface area contributed by atoms with Crippen molar-refractivity contribution in [1.82, 2.24) is 0 Å². The summed E-state index contributed by atoms with van der Waals surface area (Å²) >= 11 is 12.0. The van der Waals surface area contributed by atoms with Crippen LogP contribution in [0.2, 0.25) is 10.0 Å². The lowest BCUT2D eigenvalue weighted by atomic mass is 10.1. The number of aromatic nitrogens is 1. The van der Waals surface area contributed by atoms with Gasteiger partial charge < -0.3 is 0 Å². The van der Waals surface area contributed by atoms with Crippen LogP contribution in [-0.2, 0) is 0 Å². The Morgan fingerprint density at radius 3 is 2.56 bits per heavy atom. The molecule has 2 aromatic rings. The van der Waals surface area contributed by atoms with Crippen molar-refractivity contribution >= 4 is 23.2 Å². The maximum atomic E-state index is 6.15. The van der Waals surface area contributed by atoms with Crippen molar-refractivity contribution in [1.29, 1.82) is 0 Å². The first-order chi connectivity index (χ1) is 7.59. The Bertz CT molecular complexity index is 518. The molecule has 1 heterocycles. The molecular weight excluding hydrogens is 243 g/mol. The van der Waals surface area contributed by atoms with E-state index >= 15 is 0 Å². The zero-order valence-corrected chi connectivity index (χ0v) is 10.3. The van der Waals surface area contributed by atoms with Gasteiger partial charge in [-0.15, -0.1) is 0 Å². The second-order valence-corrected chi connectivity index (χ2v) is 4.41. The molecule has 1 aromatic carbocycles. The Morgan fingerprint density at radius 2 is 1.94 bits per heavy atom. The maximum absolute atomic E-state index is 6.15. The quantitative estimate of drug-likeness (QED) is 0.615. The number of nitrogens with zero attached hydrogens (tertiary/aromatic N) is 1. The summed E-state index contributed by atoms with van der Waals surface area (Å²) in [6.07, 6.45) is 1.78. The molecule has 4 heteroatoms. The van der Waals surface area contributed by atoms with Gasteiger partial charge in [0.1, 0.15) is 0 Å². The smallest absolute Gasteiger partial charge is 0.205 e. The van der Waals surface area contributed by atoms with Crippen molar-refractivity contribution in [2.45, 2.75) is 6.92 Å². The average molecular weight is 254 g/mol. The van der Waals surface area contributed by atoms with Gasteiger partial charge in [-0.1, -0.05) is 27.9 Å². The minimum atomic E-state index is 0.598. The van der Waals surface area contributed by atoms with E-state index in [4.69, 9.17) is 29.0 Å². The minimum Gasteiger partial charge on any atom is -0.205 e. The van der Waals surface area contributed by atoms with Gasteiger partial charge in [0.15, 0.2) is 6.20 Å². The molecule has 0 saturated carbocycles. The fourth-order valence-corrected chi connectivity index (χ4v) is 2.17. The lowest BCUT2D eigenvalue weighted by Gasteiger charge is -2.04. The van der Waals surface area contributed by atoms with Gasteiger partial charge in [-0.25, -0.2) is 5.84 Å². The number of nitrogen functional groups attached to an aromatic ring is 1. The van der Waals surface area contributed by atoms with Crippen LogP contribution in [0.15, 0.2) is 36.5 Å². The van der Waals surface area contributed by atoms with E-state index in [0.29, 0.717) is 10.0 Å². The number of rotatable bonds is 1. The largest absolute Gasteiger partial charge is 0.246 e. The van der Waals surface area contributed by atoms with E-state index in [1.807, 2.05) is 25.1 Å². The third-order valence-electron chi connectivity index (χ3n) is 2.41. The lowest BCUT2D eigenvalue weighted by Crippen LogP contribution is -2.46. The van der Waals surface area contributed by atoms with Crippen LogP contribution in [0.25, 0.3) is 11.3 Å². The summed E-state index contributed by atoms with van der Waals surface area (Å²) in [6, 6.07) is 9.27. The molecule has 0 spiro atoms. The highest BCUT2D eigenvalue weighted by Gasteiger charge is 2.17. The third-order valence-corrected chi connectivity index (χ3v) is 2.96. The highest BCUT2D eigenvalue weighted by atomic mass is 35.5. The van der Waals surface area contributed by atoms with Gasteiger partial charge in [-0.3, -0.25) is 0 Å². The average Bonchev–Trinajstić information content (AvgIpc) is 2.20. The lowest BCUT2D eigenvalue weighted by molar-refractivity contribution is -0.627. The fraction of sp³-hybridized carbons (Fsp3) is 0.0833. The molecule has 0 unspecified atom stereocenters. The van der Waals surface area contributed by atoms with E-state index < -0.39 is 0 Å². The van der Waals surface area contributed by atoms with Gasteiger partial charge in [-0.2, -0.15) is 0 Å². The monoisotopic (exact) mass is 253 g/mol. The number of nitrogens with two attached hydrogens (primary N) is 1. The summed E-state index contributed by atoms with van der Waals surface area (Å²) in [5.74, 6) is 5.89. The normalized spacial score (nSPS) is 10.4. The van der Waals surface area contributed by atoms with Crippen LogP contribution in [0.3, 0.4) is 0 Å². The zero-order chi connectivity index (χ0) is 11.7. The van der Waals surface area contributed by atoms with Crippen molar-refractivity contribution < 1.29 is 4.68 Å². The highest BCUT2D eigenvalue weighted by molar-refractivity contribution is 6.36. The number of hydrogen-bond donors (Lipinski definition) is 1. The Labute approximate surface area is 104 Å². The molecule has 0 amide bonds. The van der Waals surface area contributed by atoms with Gasteiger partial charge in [0.05, 0.1) is 10.6 Å². The van der Waals surface area contributed by atoms with Crippen molar-refractivity contribution in [2.75, 3.05) is 5.84 Å². The number of halogens is 2. The summed E-state index contributed by atoms with van der Waals surface area (Å²) in [4.78, 5) is 0. The first-order valence-electron chi connectivity index (χ1n) is 4.81. The number of benzene rings is 1. The van der Waals surface area contributed by atoms with Crippen LogP contribution in [0.1, 0.15) is 5.56 Å². The van der Waals surface area contributed by atoms with E-state index in [-0.39, 0.29) is 0 Å². The maximum Gasteiger partial charge on any atom is 0.246 e. The van der Waals surface area contributed by atoms with Crippen molar-refractivity contribution in [3.05, 3.63) is 52.1 Å². The second-order valence-electron chi connectivity index (χ2n) is 3.57. The SMILES string of the molecule is Cc1ccc[n+](N)c1-c1ccc(Cl)cc1Cl. The molecule has 0 saturated heterocycles. The minimum absolute atomic E-state index is 0.598. The fourth-order valence-electron chi connectivity index (χ4n) is 1.67. The molecule has 2 rings (SSSR count). The Kier molecular flexibility index (Phi) is 3.03. The van der Waals surface area contributed by atoms with Gasteiger partial charge in [-0.05, 0) is 31.2 Å². The molecule has 0 fully saturated rings. The Hall–Kier alpha value is -1.25. The van der Waals surface area contributed by atoms with Crippen molar-refractivity contribution in [3.63, 3.8) is 0 Å². The first-order valence-corrected chi connectivity index (χ1v) is 5.57. The molecule has 0 aliphatic rings. The molecule has 2 nitrogen and oxygen atoms in total. The molecule has 82 valence electrons. The second kappa shape index (κ2) is 4.32. The molecule has 0 radical (unpaired) electrons. The van der Waals surface area contributed by atoms with Crippen molar-refractivity contribution in [3.8, 4) is 11.3 Å². The number of hydrogen-bond acceptors (Lipinski definition) is 1. The first kappa shape index (κ1) is 11.2. The molecule has 0 atom stereocenters. The van der Waals surface area contributed by atoms with E-state index in [1.165, 1.54) is 0 Å². The van der Waals surface area contributed by atoms with Crippen LogP contribution < -0.4 is 10.5 Å². The Morgan fingerprint density at radius 1 is 1.19 bits per heavy atom. The van der Waals surface area contributed by atoms with E-state index in [1.54, 1.807) is 23.0 Å². The van der Waals surface area contributed by atoms with Crippen LogP contribution in [-0.4, -0.2) is 0 Å². The molecule has 0 bridgehead atoms. The molecular formula is C12H11Cl2N2+. The third kappa shape index (κ3) is 1.99. The molecule has 0 aliphatic carbocycles. The summed E-state index contributed by atoms with van der Waals surface area (Å²) in [5.41, 5.74) is 2.84. The molecule has 16 heavy (non-hydrogen) atoms. The summed E-state index contributed by atoms with van der Waals surface area (Å²) in [6.45, 7) is 1.99. The Balaban J connectivity index is 2.68. The number of aryl methyl sites for hydroxylation is 1. The van der Waals surface area contributed by atoms with E-state index in [0.717, 1.165) is 16.8 Å².